The molecule has 0 aliphatic rings. The quantitative estimate of drug-likeness (QED) is 0.0296. The van der Waals surface area contributed by atoms with E-state index in [1.807, 2.05) is 12.1 Å². The number of rotatable bonds is 22. The maximum absolute atomic E-state index is 13.8. The molecule has 2 unspecified atom stereocenters. The Labute approximate surface area is 412 Å². The minimum Gasteiger partial charge on any atom is -0.491 e. The topological polar surface area (TPSA) is 218 Å². The number of ketones is 2. The molecule has 4 amide bonds. The molecule has 5 rings (SSSR count). The molecule has 5 aromatic rings. The minimum atomic E-state index is -1.69. The van der Waals surface area contributed by atoms with E-state index in [9.17, 15) is 28.8 Å². The van der Waals surface area contributed by atoms with Gasteiger partial charge in [0.25, 0.3) is 23.6 Å². The number of anilines is 4. The van der Waals surface area contributed by atoms with Gasteiger partial charge in [-0.05, 0) is 112 Å². The molecular weight excluding hydrogens is 958 g/mol. The van der Waals surface area contributed by atoms with E-state index in [2.05, 4.69) is 41.7 Å². The molecule has 2 atom stereocenters. The first-order valence-electron chi connectivity index (χ1n) is 21.0. The van der Waals surface area contributed by atoms with Crippen molar-refractivity contribution in [1.82, 2.24) is 0 Å². The van der Waals surface area contributed by atoms with E-state index in [0.717, 1.165) is 25.0 Å². The number of halogens is 4. The highest BCUT2D eigenvalue weighted by Gasteiger charge is 2.28. The number of alkyl halides is 2. The maximum atomic E-state index is 13.8. The number of nitrogens with zero attached hydrogens (tertiary/aromatic N) is 4. The predicted octanol–water partition coefficient (Wildman–Crippen LogP) is 11.2. The first kappa shape index (κ1) is 52.3. The summed E-state index contributed by atoms with van der Waals surface area (Å²) in [7, 11) is 0. The number of hydrogen-bond donors (Lipinski definition) is 4. The number of azo groups is 2. The second-order valence-electron chi connectivity index (χ2n) is 14.7. The van der Waals surface area contributed by atoms with E-state index in [-0.39, 0.29) is 68.6 Å². The van der Waals surface area contributed by atoms with E-state index < -0.39 is 47.3 Å². The highest BCUT2D eigenvalue weighted by atomic mass is 35.5. The number of ether oxygens (including phenoxy) is 2. The van der Waals surface area contributed by atoms with Crippen LogP contribution in [-0.2, 0) is 32.0 Å². The van der Waals surface area contributed by atoms with Crippen LogP contribution in [0, 0.1) is 0 Å². The van der Waals surface area contributed by atoms with Crippen LogP contribution in [0.15, 0.2) is 118 Å². The van der Waals surface area contributed by atoms with Crippen molar-refractivity contribution in [3.05, 3.63) is 129 Å². The molecule has 0 aliphatic carbocycles. The molecule has 354 valence electrons. The summed E-state index contributed by atoms with van der Waals surface area (Å²) in [5, 5.41) is 27.2. The third-order valence-electron chi connectivity index (χ3n) is 9.56. The molecule has 16 nitrogen and oxygen atoms in total. The maximum Gasteiger partial charge on any atom is 0.259 e. The van der Waals surface area contributed by atoms with Gasteiger partial charge in [0.05, 0.1) is 23.3 Å². The van der Waals surface area contributed by atoms with Gasteiger partial charge in [0.15, 0.2) is 11.6 Å². The average Bonchev–Trinajstić information content (AvgIpc) is 3.29. The second-order valence-corrected chi connectivity index (χ2v) is 16.2. The Balaban J connectivity index is 1.33. The molecule has 0 heterocycles. The number of benzene rings is 5. The van der Waals surface area contributed by atoms with Gasteiger partial charge in [0.2, 0.25) is 12.1 Å². The number of aryl methyl sites for hydroxylation is 2. The molecule has 5 aromatic carbocycles. The predicted molar refractivity (Wildman–Crippen MR) is 265 cm³/mol. The molecule has 0 radical (unpaired) electrons. The van der Waals surface area contributed by atoms with Crippen LogP contribution in [0.4, 0.5) is 34.1 Å². The zero-order valence-corrected chi connectivity index (χ0v) is 40.2. The summed E-state index contributed by atoms with van der Waals surface area (Å²) in [5.41, 5.74) is 3.47. The summed E-state index contributed by atoms with van der Waals surface area (Å²) < 4.78 is 11.7. The summed E-state index contributed by atoms with van der Waals surface area (Å²) >= 11 is 24.5. The van der Waals surface area contributed by atoms with Crippen LogP contribution in [0.3, 0.4) is 0 Å². The van der Waals surface area contributed by atoms with Crippen molar-refractivity contribution in [2.45, 2.75) is 52.6 Å². The van der Waals surface area contributed by atoms with Crippen LogP contribution in [0.5, 0.6) is 11.5 Å². The molecule has 0 fully saturated rings. The Morgan fingerprint density at radius 2 is 0.971 bits per heavy atom. The van der Waals surface area contributed by atoms with Crippen molar-refractivity contribution in [2.75, 3.05) is 46.2 Å². The van der Waals surface area contributed by atoms with Crippen LogP contribution >= 0.6 is 46.4 Å². The molecule has 4 N–H and O–H groups in total. The zero-order valence-electron chi connectivity index (χ0n) is 37.2. The van der Waals surface area contributed by atoms with Crippen molar-refractivity contribution in [1.29, 1.82) is 0 Å². The Hall–Kier alpha value is -6.72. The van der Waals surface area contributed by atoms with Crippen LogP contribution in [0.25, 0.3) is 0 Å². The lowest BCUT2D eigenvalue weighted by atomic mass is 10.1. The van der Waals surface area contributed by atoms with Gasteiger partial charge in [-0.2, -0.15) is 20.5 Å². The molecule has 0 saturated heterocycles. The molecule has 0 bridgehead atoms. The van der Waals surface area contributed by atoms with E-state index in [1.165, 1.54) is 48.5 Å². The minimum absolute atomic E-state index is 0.00528. The van der Waals surface area contributed by atoms with Crippen molar-refractivity contribution < 1.29 is 38.2 Å². The molecule has 68 heavy (non-hydrogen) atoms. The molecule has 0 spiro atoms. The number of Topliss-reactive ketones (excluding diaryl/α,β-unsaturated/α-hetero) is 2. The van der Waals surface area contributed by atoms with Gasteiger partial charge < -0.3 is 30.7 Å². The smallest absolute Gasteiger partial charge is 0.259 e. The van der Waals surface area contributed by atoms with Crippen LogP contribution < -0.4 is 30.7 Å². The highest BCUT2D eigenvalue weighted by Crippen LogP contribution is 2.39. The Morgan fingerprint density at radius 1 is 0.544 bits per heavy atom. The number of hydrogen-bond acceptors (Lipinski definition) is 12. The molecule has 0 aliphatic heterocycles. The number of carbonyl (C=O) groups excluding carboxylic acids is 6. The molecule has 20 heteroatoms. The zero-order chi connectivity index (χ0) is 49.3. The van der Waals surface area contributed by atoms with Crippen molar-refractivity contribution >= 4 is 116 Å². The third-order valence-corrected chi connectivity index (χ3v) is 10.6. The number of nitrogens with one attached hydrogen (secondary N) is 4. The lowest BCUT2D eigenvalue weighted by molar-refractivity contribution is -0.127. The van der Waals surface area contributed by atoms with Gasteiger partial charge in [-0.15, -0.1) is 23.2 Å². The Kier molecular flexibility index (Phi) is 19.5. The van der Waals surface area contributed by atoms with Gasteiger partial charge in [0, 0.05) is 52.1 Å². The van der Waals surface area contributed by atoms with Crippen LogP contribution in [-0.4, -0.2) is 72.3 Å². The SMILES string of the molecule is CCOc1cc(NC(=O)C(N=Nc2cc(C(=O)Nc3cccc(CCCl)c3)ccc2Cl)C(C)=O)cc(OCC)c1NC(=O)C(N=Nc1cc(C(=O)Nc2cccc(CCCl)c2)ccc1Cl)C(C)=O. The largest absolute Gasteiger partial charge is 0.491 e. The molecule has 0 aromatic heterocycles. The van der Waals surface area contributed by atoms with Crippen LogP contribution in [0.1, 0.15) is 59.5 Å². The second kappa shape index (κ2) is 25.4. The summed E-state index contributed by atoms with van der Waals surface area (Å²) in [6, 6.07) is 22.4. The van der Waals surface area contributed by atoms with Crippen LogP contribution in [0.2, 0.25) is 10.0 Å². The first-order valence-corrected chi connectivity index (χ1v) is 22.9. The number of carbonyl (C=O) groups is 6. The van der Waals surface area contributed by atoms with E-state index in [0.29, 0.717) is 36.0 Å². The lowest BCUT2D eigenvalue weighted by Crippen LogP contribution is -2.32. The highest BCUT2D eigenvalue weighted by molar-refractivity contribution is 6.33. The lowest BCUT2D eigenvalue weighted by Gasteiger charge is -2.19. The van der Waals surface area contributed by atoms with Gasteiger partial charge in [-0.3, -0.25) is 28.8 Å². The van der Waals surface area contributed by atoms with Crippen molar-refractivity contribution in [3.8, 4) is 11.5 Å². The summed E-state index contributed by atoms with van der Waals surface area (Å²) in [5.74, 6) is -3.22. The molecule has 0 saturated carbocycles. The fourth-order valence-corrected chi connectivity index (χ4v) is 7.04. The van der Waals surface area contributed by atoms with E-state index in [1.54, 1.807) is 50.2 Å². The van der Waals surface area contributed by atoms with Crippen molar-refractivity contribution in [3.63, 3.8) is 0 Å². The summed E-state index contributed by atoms with van der Waals surface area (Å²) in [6.45, 7) is 5.83. The monoisotopic (exact) mass is 1000 g/mol. The number of amides is 4. The Bertz CT molecular complexity index is 2730. The van der Waals surface area contributed by atoms with Gasteiger partial charge in [0.1, 0.15) is 28.6 Å². The summed E-state index contributed by atoms with van der Waals surface area (Å²) in [6.07, 6.45) is 1.24. The van der Waals surface area contributed by atoms with Crippen molar-refractivity contribution in [2.24, 2.45) is 20.5 Å². The van der Waals surface area contributed by atoms with Gasteiger partial charge >= 0.3 is 0 Å². The standard InChI is InChI=1S/C48H46Cl4N8O8/c1-5-67-40-25-35(55-47(65)42(27(3)61)59-57-38-23-31(13-15-36(38)51)45(63)53-33-11-7-9-29(21-33)17-19-49)26-41(68-6-2)44(40)56-48(66)43(28(4)62)60-58-39-24-32(14-16-37(39)52)46(64)54-34-12-8-10-30(22-34)18-20-50/h7-16,21-26,42-43H,5-6,17-20H2,1-4H3,(H,53,63)(H,54,64)(H,55,65)(H,56,66). The third kappa shape index (κ3) is 14.6. The fourth-order valence-electron chi connectivity index (χ4n) is 6.30. The van der Waals surface area contributed by atoms with E-state index in [4.69, 9.17) is 55.9 Å². The Morgan fingerprint density at radius 3 is 1.37 bits per heavy atom. The average molecular weight is 1000 g/mol. The van der Waals surface area contributed by atoms with Gasteiger partial charge in [-0.25, -0.2) is 0 Å². The fraction of sp³-hybridized carbons (Fsp3) is 0.250. The molecular formula is C48H46Cl4N8O8. The van der Waals surface area contributed by atoms with Gasteiger partial charge in [-0.1, -0.05) is 47.5 Å². The summed E-state index contributed by atoms with van der Waals surface area (Å²) in [4.78, 5) is 79.3. The normalized spacial score (nSPS) is 12.0. The van der Waals surface area contributed by atoms with E-state index >= 15 is 0 Å². The first-order chi connectivity index (χ1) is 32.6.